The molecule has 1 N–H and O–H groups in total. The summed E-state index contributed by atoms with van der Waals surface area (Å²) in [4.78, 5) is 12.8. The standard InChI is InChI=1S/C24H26N2O/c1-17-15-23(19(3)26(17)16-21-7-5-4-6-8-21)24(27)14-11-20-9-12-22(13-10-20)18(2)25/h4-10,12-13,15,25H,11,14,16H2,1-3H3. The predicted molar refractivity (Wildman–Crippen MR) is 111 cm³/mol. The predicted octanol–water partition coefficient (Wildman–Crippen LogP) is 5.36. The summed E-state index contributed by atoms with van der Waals surface area (Å²) in [5.74, 6) is 0.190. The van der Waals surface area contributed by atoms with Crippen LogP contribution in [0.3, 0.4) is 0 Å². The minimum absolute atomic E-state index is 0.190. The van der Waals surface area contributed by atoms with Crippen LogP contribution in [0.5, 0.6) is 0 Å². The van der Waals surface area contributed by atoms with Crippen molar-refractivity contribution in [3.8, 4) is 0 Å². The largest absolute Gasteiger partial charge is 0.344 e. The van der Waals surface area contributed by atoms with Crippen molar-refractivity contribution in [2.45, 2.75) is 40.2 Å². The Balaban J connectivity index is 1.70. The van der Waals surface area contributed by atoms with Gasteiger partial charge in [0.05, 0.1) is 0 Å². The summed E-state index contributed by atoms with van der Waals surface area (Å²) in [6, 6.07) is 20.3. The van der Waals surface area contributed by atoms with Crippen molar-refractivity contribution >= 4 is 11.5 Å². The van der Waals surface area contributed by atoms with Crippen LogP contribution in [0.1, 0.15) is 51.8 Å². The number of hydrogen-bond acceptors (Lipinski definition) is 2. The summed E-state index contributed by atoms with van der Waals surface area (Å²) < 4.78 is 2.21. The molecule has 2 aromatic carbocycles. The highest BCUT2D eigenvalue weighted by Crippen LogP contribution is 2.20. The number of nitrogens with zero attached hydrogens (tertiary/aromatic N) is 1. The number of aromatic nitrogens is 1. The Morgan fingerprint density at radius 1 is 0.963 bits per heavy atom. The summed E-state index contributed by atoms with van der Waals surface area (Å²) in [7, 11) is 0. The molecule has 0 saturated carbocycles. The minimum atomic E-state index is 0.190. The average molecular weight is 358 g/mol. The zero-order valence-electron chi connectivity index (χ0n) is 16.3. The lowest BCUT2D eigenvalue weighted by molar-refractivity contribution is 0.0982. The van der Waals surface area contributed by atoms with Gasteiger partial charge in [0.2, 0.25) is 0 Å². The van der Waals surface area contributed by atoms with Crippen molar-refractivity contribution in [2.75, 3.05) is 0 Å². The molecular weight excluding hydrogens is 332 g/mol. The third kappa shape index (κ3) is 4.43. The van der Waals surface area contributed by atoms with Crippen LogP contribution in [0.15, 0.2) is 60.7 Å². The normalized spacial score (nSPS) is 10.8. The third-order valence-corrected chi connectivity index (χ3v) is 5.09. The van der Waals surface area contributed by atoms with Crippen LogP contribution in [0.25, 0.3) is 0 Å². The quantitative estimate of drug-likeness (QED) is 0.449. The third-order valence-electron chi connectivity index (χ3n) is 5.09. The van der Waals surface area contributed by atoms with Crippen LogP contribution < -0.4 is 0 Å². The van der Waals surface area contributed by atoms with E-state index in [4.69, 9.17) is 5.41 Å². The first-order valence-electron chi connectivity index (χ1n) is 9.34. The molecule has 0 saturated heterocycles. The van der Waals surface area contributed by atoms with Gasteiger partial charge < -0.3 is 9.98 Å². The lowest BCUT2D eigenvalue weighted by Gasteiger charge is -2.10. The van der Waals surface area contributed by atoms with Gasteiger partial charge in [-0.05, 0) is 49.9 Å². The number of carbonyl (C=O) groups is 1. The van der Waals surface area contributed by atoms with Crippen molar-refractivity contribution in [1.29, 1.82) is 5.41 Å². The molecule has 3 heteroatoms. The Morgan fingerprint density at radius 3 is 2.26 bits per heavy atom. The van der Waals surface area contributed by atoms with Gasteiger partial charge in [0.15, 0.2) is 5.78 Å². The Kier molecular flexibility index (Phi) is 5.70. The second-order valence-corrected chi connectivity index (χ2v) is 7.10. The summed E-state index contributed by atoms with van der Waals surface area (Å²) in [6.45, 7) is 6.66. The molecule has 0 fully saturated rings. The van der Waals surface area contributed by atoms with Crippen LogP contribution in [0.4, 0.5) is 0 Å². The fourth-order valence-electron chi connectivity index (χ4n) is 3.41. The van der Waals surface area contributed by atoms with Crippen LogP contribution in [-0.2, 0) is 13.0 Å². The molecule has 0 atom stereocenters. The van der Waals surface area contributed by atoms with Gasteiger partial charge in [-0.1, -0.05) is 54.6 Å². The minimum Gasteiger partial charge on any atom is -0.344 e. The first-order chi connectivity index (χ1) is 13.0. The van der Waals surface area contributed by atoms with E-state index in [1.807, 2.05) is 55.5 Å². The Bertz CT molecular complexity index is 950. The number of Topliss-reactive ketones (excluding diaryl/α,β-unsaturated/α-hetero) is 1. The van der Waals surface area contributed by atoms with E-state index in [2.05, 4.69) is 23.6 Å². The maximum atomic E-state index is 12.8. The highest BCUT2D eigenvalue weighted by atomic mass is 16.1. The number of hydrogen-bond donors (Lipinski definition) is 1. The Morgan fingerprint density at radius 2 is 1.63 bits per heavy atom. The molecule has 3 nitrogen and oxygen atoms in total. The molecule has 1 aromatic heterocycles. The molecule has 0 radical (unpaired) electrons. The molecule has 0 unspecified atom stereocenters. The van der Waals surface area contributed by atoms with E-state index in [0.717, 1.165) is 41.0 Å². The average Bonchev–Trinajstić information content (AvgIpc) is 2.95. The molecular formula is C24H26N2O. The maximum absolute atomic E-state index is 12.8. The molecule has 0 spiro atoms. The van der Waals surface area contributed by atoms with Gasteiger partial charge in [-0.25, -0.2) is 0 Å². The Hall–Kier alpha value is -2.94. The molecule has 0 amide bonds. The van der Waals surface area contributed by atoms with Crippen LogP contribution in [0.2, 0.25) is 0 Å². The van der Waals surface area contributed by atoms with Crippen molar-refractivity contribution in [1.82, 2.24) is 4.57 Å². The summed E-state index contributed by atoms with van der Waals surface area (Å²) >= 11 is 0. The maximum Gasteiger partial charge on any atom is 0.165 e. The lowest BCUT2D eigenvalue weighted by Crippen LogP contribution is -2.07. The SMILES string of the molecule is CC(=N)c1ccc(CCC(=O)c2cc(C)n(Cc3ccccc3)c2C)cc1. The van der Waals surface area contributed by atoms with Gasteiger partial charge in [-0.15, -0.1) is 0 Å². The van der Waals surface area contributed by atoms with Crippen LogP contribution in [0, 0.1) is 19.3 Å². The summed E-state index contributed by atoms with van der Waals surface area (Å²) in [5.41, 5.74) is 6.83. The van der Waals surface area contributed by atoms with Crippen molar-refractivity contribution in [2.24, 2.45) is 0 Å². The van der Waals surface area contributed by atoms with Crippen LogP contribution >= 0.6 is 0 Å². The first kappa shape index (κ1) is 18.8. The fourth-order valence-corrected chi connectivity index (χ4v) is 3.41. The number of nitrogens with one attached hydrogen (secondary N) is 1. The van der Waals surface area contributed by atoms with Crippen molar-refractivity contribution in [3.63, 3.8) is 0 Å². The molecule has 3 aromatic rings. The number of carbonyl (C=O) groups excluding carboxylic acids is 1. The highest BCUT2D eigenvalue weighted by molar-refractivity contribution is 5.98. The van der Waals surface area contributed by atoms with E-state index < -0.39 is 0 Å². The molecule has 0 aliphatic carbocycles. The monoisotopic (exact) mass is 358 g/mol. The number of benzene rings is 2. The van der Waals surface area contributed by atoms with Gasteiger partial charge in [-0.3, -0.25) is 4.79 Å². The number of ketones is 1. The van der Waals surface area contributed by atoms with Crippen molar-refractivity contribution in [3.05, 3.63) is 94.3 Å². The van der Waals surface area contributed by atoms with Gasteiger partial charge in [0, 0.05) is 35.6 Å². The smallest absolute Gasteiger partial charge is 0.165 e. The topological polar surface area (TPSA) is 45.9 Å². The molecule has 0 aliphatic heterocycles. The van der Waals surface area contributed by atoms with Gasteiger partial charge in [0.1, 0.15) is 0 Å². The molecule has 27 heavy (non-hydrogen) atoms. The number of aryl methyl sites for hydroxylation is 2. The molecule has 0 bridgehead atoms. The van der Waals surface area contributed by atoms with Gasteiger partial charge >= 0.3 is 0 Å². The first-order valence-corrected chi connectivity index (χ1v) is 9.34. The summed E-state index contributed by atoms with van der Waals surface area (Å²) in [5, 5.41) is 7.66. The van der Waals surface area contributed by atoms with E-state index in [0.29, 0.717) is 12.1 Å². The fraction of sp³-hybridized carbons (Fsp3) is 0.250. The molecule has 138 valence electrons. The van der Waals surface area contributed by atoms with E-state index in [1.54, 1.807) is 6.92 Å². The Labute approximate surface area is 161 Å². The zero-order valence-corrected chi connectivity index (χ0v) is 16.3. The summed E-state index contributed by atoms with van der Waals surface area (Å²) in [6.07, 6.45) is 1.22. The molecule has 0 aliphatic rings. The molecule has 1 heterocycles. The van der Waals surface area contributed by atoms with E-state index in [1.165, 1.54) is 5.56 Å². The second kappa shape index (κ2) is 8.17. The lowest BCUT2D eigenvalue weighted by atomic mass is 10.0. The van der Waals surface area contributed by atoms with E-state index in [9.17, 15) is 4.79 Å². The van der Waals surface area contributed by atoms with Gasteiger partial charge in [-0.2, -0.15) is 0 Å². The van der Waals surface area contributed by atoms with E-state index >= 15 is 0 Å². The van der Waals surface area contributed by atoms with Crippen molar-refractivity contribution < 1.29 is 4.79 Å². The number of rotatable bonds is 7. The van der Waals surface area contributed by atoms with Crippen LogP contribution in [-0.4, -0.2) is 16.1 Å². The second-order valence-electron chi connectivity index (χ2n) is 7.10. The van der Waals surface area contributed by atoms with E-state index in [-0.39, 0.29) is 5.78 Å². The molecule has 3 rings (SSSR count). The van der Waals surface area contributed by atoms with Gasteiger partial charge in [0.25, 0.3) is 0 Å². The zero-order chi connectivity index (χ0) is 19.4. The highest BCUT2D eigenvalue weighted by Gasteiger charge is 2.15.